The molecule has 31 heavy (non-hydrogen) atoms. The van der Waals surface area contributed by atoms with Gasteiger partial charge in [-0.05, 0) is 48.6 Å². The fourth-order valence-electron chi connectivity index (χ4n) is 3.22. The molecule has 3 rings (SSSR count). The van der Waals surface area contributed by atoms with E-state index in [-0.39, 0.29) is 18.3 Å². The normalized spacial score (nSPS) is 11.9. The number of alkyl carbamates (subject to hydrolysis) is 1. The molecule has 2 aromatic carbocycles. The van der Waals surface area contributed by atoms with Crippen LogP contribution in [0.2, 0.25) is 0 Å². The topological polar surface area (TPSA) is 94.8 Å². The molecule has 7 nitrogen and oxygen atoms in total. The number of nitrogens with one attached hydrogen (secondary N) is 1. The Morgan fingerprint density at radius 2 is 1.77 bits per heavy atom. The molecule has 1 atom stereocenters. The first-order valence-electron chi connectivity index (χ1n) is 9.98. The summed E-state index contributed by atoms with van der Waals surface area (Å²) >= 11 is 0. The van der Waals surface area contributed by atoms with Crippen LogP contribution in [0.4, 0.5) is 4.79 Å². The van der Waals surface area contributed by atoms with E-state index in [0.29, 0.717) is 16.5 Å². The van der Waals surface area contributed by atoms with E-state index in [1.807, 2.05) is 30.3 Å². The number of rotatable bonds is 6. The van der Waals surface area contributed by atoms with Crippen molar-refractivity contribution < 1.29 is 23.5 Å². The molecule has 0 radical (unpaired) electrons. The average Bonchev–Trinajstić information content (AvgIpc) is 2.70. The number of benzene rings is 2. The molecule has 0 spiro atoms. The first kappa shape index (κ1) is 22.1. The standard InChI is InChI=1S/C24H25NO6/c1-14(2)22(25-24(28)29-13-17-8-6-5-7-9-17)23(27)31-19-11-15(3)10-18-21(19)16(4)12-20(26)30-18/h5-12,14,22H,13H2,1-4H3,(H,25,28). The molecule has 1 heterocycles. The predicted molar refractivity (Wildman–Crippen MR) is 116 cm³/mol. The van der Waals surface area contributed by atoms with Crippen molar-refractivity contribution in [1.82, 2.24) is 5.32 Å². The fourth-order valence-corrected chi connectivity index (χ4v) is 3.22. The SMILES string of the molecule is Cc1cc(OC(=O)C(NC(=O)OCc2ccccc2)C(C)C)c2c(C)cc(=O)oc2c1. The first-order chi connectivity index (χ1) is 14.7. The van der Waals surface area contributed by atoms with E-state index in [1.54, 1.807) is 39.8 Å². The summed E-state index contributed by atoms with van der Waals surface area (Å²) < 4.78 is 16.1. The molecule has 0 aliphatic rings. The Morgan fingerprint density at radius 1 is 1.06 bits per heavy atom. The molecule has 0 aliphatic carbocycles. The maximum Gasteiger partial charge on any atom is 0.408 e. The van der Waals surface area contributed by atoms with Crippen LogP contribution in [0.15, 0.2) is 57.7 Å². The number of hydrogen-bond acceptors (Lipinski definition) is 6. The zero-order valence-corrected chi connectivity index (χ0v) is 17.9. The van der Waals surface area contributed by atoms with Crippen LogP contribution < -0.4 is 15.7 Å². The van der Waals surface area contributed by atoms with Crippen molar-refractivity contribution in [1.29, 1.82) is 0 Å². The molecular weight excluding hydrogens is 398 g/mol. The Balaban J connectivity index is 1.77. The van der Waals surface area contributed by atoms with Gasteiger partial charge < -0.3 is 19.2 Å². The monoisotopic (exact) mass is 423 g/mol. The molecule has 1 amide bonds. The molecule has 0 bridgehead atoms. The number of amides is 1. The van der Waals surface area contributed by atoms with Gasteiger partial charge in [-0.1, -0.05) is 44.2 Å². The van der Waals surface area contributed by atoms with Gasteiger partial charge in [0, 0.05) is 6.07 Å². The molecule has 0 fully saturated rings. The third-order valence-corrected chi connectivity index (χ3v) is 4.77. The Hall–Kier alpha value is -3.61. The maximum absolute atomic E-state index is 12.9. The Labute approximate surface area is 180 Å². The van der Waals surface area contributed by atoms with E-state index in [9.17, 15) is 14.4 Å². The van der Waals surface area contributed by atoms with Gasteiger partial charge in [-0.15, -0.1) is 0 Å². The van der Waals surface area contributed by atoms with Crippen LogP contribution in [0.25, 0.3) is 11.0 Å². The summed E-state index contributed by atoms with van der Waals surface area (Å²) in [5, 5.41) is 3.12. The zero-order valence-electron chi connectivity index (χ0n) is 17.9. The van der Waals surface area contributed by atoms with E-state index < -0.39 is 23.7 Å². The summed E-state index contributed by atoms with van der Waals surface area (Å²) in [6.07, 6.45) is -0.712. The number of carbonyl (C=O) groups excluding carboxylic acids is 2. The van der Waals surface area contributed by atoms with Crippen molar-refractivity contribution in [3.05, 3.63) is 75.6 Å². The Kier molecular flexibility index (Phi) is 6.74. The molecule has 162 valence electrons. The lowest BCUT2D eigenvalue weighted by Gasteiger charge is -2.21. The molecule has 3 aromatic rings. The van der Waals surface area contributed by atoms with Gasteiger partial charge in [0.1, 0.15) is 24.0 Å². The fraction of sp³-hybridized carbons (Fsp3) is 0.292. The van der Waals surface area contributed by atoms with E-state index in [4.69, 9.17) is 13.9 Å². The highest BCUT2D eigenvalue weighted by Crippen LogP contribution is 2.30. The minimum absolute atomic E-state index is 0.0906. The molecule has 1 N–H and O–H groups in total. The highest BCUT2D eigenvalue weighted by molar-refractivity contribution is 5.91. The highest BCUT2D eigenvalue weighted by atomic mass is 16.6. The first-order valence-corrected chi connectivity index (χ1v) is 9.98. The van der Waals surface area contributed by atoms with Crippen LogP contribution in [-0.2, 0) is 16.1 Å². The lowest BCUT2D eigenvalue weighted by molar-refractivity contribution is -0.137. The van der Waals surface area contributed by atoms with Gasteiger partial charge >= 0.3 is 17.7 Å². The van der Waals surface area contributed by atoms with Gasteiger partial charge in [-0.25, -0.2) is 14.4 Å². The minimum atomic E-state index is -0.921. The number of hydrogen-bond donors (Lipinski definition) is 1. The average molecular weight is 423 g/mol. The smallest absolute Gasteiger partial charge is 0.408 e. The molecule has 7 heteroatoms. The van der Waals surface area contributed by atoms with Crippen LogP contribution >= 0.6 is 0 Å². The Morgan fingerprint density at radius 3 is 2.45 bits per heavy atom. The van der Waals surface area contributed by atoms with Crippen molar-refractivity contribution in [3.63, 3.8) is 0 Å². The summed E-state index contributed by atoms with van der Waals surface area (Å²) in [4.78, 5) is 36.9. The zero-order chi connectivity index (χ0) is 22.5. The predicted octanol–water partition coefficient (Wildman–Crippen LogP) is 4.27. The largest absolute Gasteiger partial charge is 0.445 e. The number of aryl methyl sites for hydroxylation is 2. The van der Waals surface area contributed by atoms with Gasteiger partial charge in [0.2, 0.25) is 0 Å². The third kappa shape index (κ3) is 5.51. The summed E-state index contributed by atoms with van der Waals surface area (Å²) in [6, 6.07) is 13.1. The lowest BCUT2D eigenvalue weighted by atomic mass is 10.0. The number of carbonyl (C=O) groups is 2. The summed E-state index contributed by atoms with van der Waals surface area (Å²) in [7, 11) is 0. The molecule has 0 saturated carbocycles. The maximum atomic E-state index is 12.9. The highest BCUT2D eigenvalue weighted by Gasteiger charge is 2.28. The quantitative estimate of drug-likeness (QED) is 0.362. The van der Waals surface area contributed by atoms with Crippen molar-refractivity contribution >= 4 is 23.0 Å². The molecule has 0 saturated heterocycles. The minimum Gasteiger partial charge on any atom is -0.445 e. The lowest BCUT2D eigenvalue weighted by Crippen LogP contribution is -2.46. The number of esters is 1. The summed E-state index contributed by atoms with van der Waals surface area (Å²) in [5.41, 5.74) is 2.09. The van der Waals surface area contributed by atoms with Gasteiger partial charge in [0.25, 0.3) is 0 Å². The third-order valence-electron chi connectivity index (χ3n) is 4.77. The second-order valence-corrected chi connectivity index (χ2v) is 7.73. The van der Waals surface area contributed by atoms with E-state index in [2.05, 4.69) is 5.32 Å². The van der Waals surface area contributed by atoms with Crippen LogP contribution in [-0.4, -0.2) is 18.1 Å². The summed E-state index contributed by atoms with van der Waals surface area (Å²) in [5.74, 6) is -0.609. The summed E-state index contributed by atoms with van der Waals surface area (Å²) in [6.45, 7) is 7.22. The van der Waals surface area contributed by atoms with Gasteiger partial charge in [0.15, 0.2) is 0 Å². The molecule has 0 aliphatic heterocycles. The van der Waals surface area contributed by atoms with Gasteiger partial charge in [0.05, 0.1) is 5.39 Å². The van der Waals surface area contributed by atoms with Crippen molar-refractivity contribution in [3.8, 4) is 5.75 Å². The number of fused-ring (bicyclic) bond motifs is 1. The van der Waals surface area contributed by atoms with E-state index in [0.717, 1.165) is 11.1 Å². The molecule has 1 aromatic heterocycles. The molecule has 1 unspecified atom stereocenters. The Bertz CT molecular complexity index is 1150. The number of ether oxygens (including phenoxy) is 2. The van der Waals surface area contributed by atoms with Crippen LogP contribution in [0.1, 0.15) is 30.5 Å². The van der Waals surface area contributed by atoms with Gasteiger partial charge in [-0.2, -0.15) is 0 Å². The molecular formula is C24H25NO6. The second-order valence-electron chi connectivity index (χ2n) is 7.73. The van der Waals surface area contributed by atoms with Crippen molar-refractivity contribution in [2.45, 2.75) is 40.3 Å². The van der Waals surface area contributed by atoms with Crippen molar-refractivity contribution in [2.24, 2.45) is 5.92 Å². The van der Waals surface area contributed by atoms with E-state index in [1.165, 1.54) is 6.07 Å². The van der Waals surface area contributed by atoms with Gasteiger partial charge in [-0.3, -0.25) is 0 Å². The second kappa shape index (κ2) is 9.47. The van der Waals surface area contributed by atoms with Crippen LogP contribution in [0, 0.1) is 19.8 Å². The van der Waals surface area contributed by atoms with Crippen molar-refractivity contribution in [2.75, 3.05) is 0 Å². The van der Waals surface area contributed by atoms with Crippen LogP contribution in [0.5, 0.6) is 5.75 Å². The van der Waals surface area contributed by atoms with E-state index >= 15 is 0 Å². The van der Waals surface area contributed by atoms with Crippen LogP contribution in [0.3, 0.4) is 0 Å².